The Morgan fingerprint density at radius 2 is 1.89 bits per heavy atom. The van der Waals surface area contributed by atoms with Crippen LogP contribution in [0, 0.1) is 0 Å². The van der Waals surface area contributed by atoms with Gasteiger partial charge in [-0.3, -0.25) is 9.05 Å². The topological polar surface area (TPSA) is 76.0 Å². The Kier molecular flexibility index (Phi) is 5.16. The summed E-state index contributed by atoms with van der Waals surface area (Å²) in [6.07, 6.45) is 0. The zero-order valence-electron chi connectivity index (χ0n) is 11.7. The summed E-state index contributed by atoms with van der Waals surface area (Å²) in [5, 5.41) is 9.81. The first-order chi connectivity index (χ1) is 8.65. The van der Waals surface area contributed by atoms with Crippen LogP contribution in [0.4, 0.5) is 0 Å². The molecule has 0 radical (unpaired) electrons. The van der Waals surface area contributed by atoms with E-state index in [1.165, 1.54) is 0 Å². The van der Waals surface area contributed by atoms with Gasteiger partial charge in [-0.05, 0) is 35.6 Å². The maximum absolute atomic E-state index is 11.4. The molecule has 1 rings (SSSR count). The fourth-order valence-electron chi connectivity index (χ4n) is 1.63. The quantitative estimate of drug-likeness (QED) is 0.813. The number of phosphoric acid groups is 1. The van der Waals surface area contributed by atoms with Crippen molar-refractivity contribution in [3.63, 3.8) is 0 Å². The Morgan fingerprint density at radius 1 is 1.26 bits per heavy atom. The van der Waals surface area contributed by atoms with Crippen LogP contribution in [0.3, 0.4) is 0 Å². The number of phenolic OH excluding ortho intramolecular Hbond substituents is 1. The van der Waals surface area contributed by atoms with Crippen LogP contribution < -0.4 is 0 Å². The van der Waals surface area contributed by atoms with Gasteiger partial charge in [0, 0.05) is 0 Å². The summed E-state index contributed by atoms with van der Waals surface area (Å²) in [6, 6.07) is 4.97. The third-order valence-electron chi connectivity index (χ3n) is 2.56. The molecule has 108 valence electrons. The first-order valence-electron chi connectivity index (χ1n) is 6.10. The van der Waals surface area contributed by atoms with Gasteiger partial charge in [0.15, 0.2) is 0 Å². The second-order valence-corrected chi connectivity index (χ2v) is 6.71. The number of rotatable bonds is 5. The molecule has 0 saturated carbocycles. The van der Waals surface area contributed by atoms with E-state index in [0.717, 1.165) is 5.56 Å². The first-order valence-corrected chi connectivity index (χ1v) is 7.59. The molecule has 6 heteroatoms. The summed E-state index contributed by atoms with van der Waals surface area (Å²) in [6.45, 7) is 7.61. The zero-order valence-corrected chi connectivity index (χ0v) is 12.6. The van der Waals surface area contributed by atoms with Gasteiger partial charge in [0.25, 0.3) is 0 Å². The molecule has 0 aliphatic rings. The maximum atomic E-state index is 11.4. The highest BCUT2D eigenvalue weighted by molar-refractivity contribution is 7.47. The van der Waals surface area contributed by atoms with E-state index in [1.807, 2.05) is 20.8 Å². The fraction of sp³-hybridized carbons (Fsp3) is 0.538. The van der Waals surface area contributed by atoms with Crippen molar-refractivity contribution in [2.24, 2.45) is 0 Å². The second-order valence-electron chi connectivity index (χ2n) is 5.26. The normalized spacial score (nSPS) is 15.2. The Balaban J connectivity index is 2.84. The number of hydrogen-bond donors (Lipinski definition) is 2. The SMILES string of the molecule is CCOP(=O)(O)OCc1ccc(O)c(C(C)(C)C)c1. The monoisotopic (exact) mass is 288 g/mol. The standard InChI is InChI=1S/C13H21O5P/c1-5-17-19(15,16)18-9-10-6-7-12(14)11(8-10)13(2,3)4/h6-8,14H,5,9H2,1-4H3,(H,15,16). The molecule has 0 fully saturated rings. The molecular formula is C13H21O5P. The van der Waals surface area contributed by atoms with E-state index >= 15 is 0 Å². The molecule has 0 aromatic heterocycles. The van der Waals surface area contributed by atoms with Gasteiger partial charge in [0.05, 0.1) is 13.2 Å². The molecule has 2 N–H and O–H groups in total. The van der Waals surface area contributed by atoms with E-state index in [2.05, 4.69) is 4.52 Å². The van der Waals surface area contributed by atoms with Crippen molar-refractivity contribution in [3.8, 4) is 5.75 Å². The highest BCUT2D eigenvalue weighted by Gasteiger charge is 2.22. The lowest BCUT2D eigenvalue weighted by atomic mass is 9.85. The van der Waals surface area contributed by atoms with E-state index in [4.69, 9.17) is 4.52 Å². The average molecular weight is 288 g/mol. The average Bonchev–Trinajstić information content (AvgIpc) is 2.26. The number of phenols is 1. The van der Waals surface area contributed by atoms with Gasteiger partial charge in [-0.15, -0.1) is 0 Å². The second kappa shape index (κ2) is 6.06. The van der Waals surface area contributed by atoms with Crippen molar-refractivity contribution in [1.82, 2.24) is 0 Å². The lowest BCUT2D eigenvalue weighted by Gasteiger charge is -2.21. The van der Waals surface area contributed by atoms with Crippen LogP contribution in [0.2, 0.25) is 0 Å². The summed E-state index contributed by atoms with van der Waals surface area (Å²) in [5.74, 6) is 0.202. The van der Waals surface area contributed by atoms with Crippen LogP contribution in [0.5, 0.6) is 5.75 Å². The summed E-state index contributed by atoms with van der Waals surface area (Å²) in [7, 11) is -3.99. The fourth-order valence-corrected chi connectivity index (χ4v) is 2.34. The Hall–Kier alpha value is -0.870. The van der Waals surface area contributed by atoms with Gasteiger partial charge in [-0.25, -0.2) is 4.57 Å². The van der Waals surface area contributed by atoms with Crippen LogP contribution in [0.1, 0.15) is 38.8 Å². The minimum absolute atomic E-state index is 0.0445. The van der Waals surface area contributed by atoms with Gasteiger partial charge in [-0.1, -0.05) is 26.8 Å². The van der Waals surface area contributed by atoms with Crippen molar-refractivity contribution in [3.05, 3.63) is 29.3 Å². The minimum atomic E-state index is -3.99. The van der Waals surface area contributed by atoms with Crippen molar-refractivity contribution in [2.75, 3.05) is 6.61 Å². The van der Waals surface area contributed by atoms with Crippen LogP contribution in [-0.4, -0.2) is 16.6 Å². The van der Waals surface area contributed by atoms with Crippen LogP contribution in [-0.2, 0) is 25.6 Å². The summed E-state index contributed by atoms with van der Waals surface area (Å²) >= 11 is 0. The lowest BCUT2D eigenvalue weighted by molar-refractivity contribution is 0.149. The Morgan fingerprint density at radius 3 is 2.42 bits per heavy atom. The van der Waals surface area contributed by atoms with Crippen molar-refractivity contribution < 1.29 is 23.6 Å². The molecular weight excluding hydrogens is 267 g/mol. The van der Waals surface area contributed by atoms with Crippen molar-refractivity contribution in [2.45, 2.75) is 39.7 Å². The van der Waals surface area contributed by atoms with Crippen molar-refractivity contribution >= 4 is 7.82 Å². The van der Waals surface area contributed by atoms with Crippen LogP contribution in [0.25, 0.3) is 0 Å². The van der Waals surface area contributed by atoms with Gasteiger partial charge >= 0.3 is 7.82 Å². The van der Waals surface area contributed by atoms with E-state index in [1.54, 1.807) is 25.1 Å². The van der Waals surface area contributed by atoms with Crippen molar-refractivity contribution in [1.29, 1.82) is 0 Å². The summed E-state index contributed by atoms with van der Waals surface area (Å²) in [5.41, 5.74) is 1.25. The molecule has 1 unspecified atom stereocenters. The van der Waals surface area contributed by atoms with E-state index < -0.39 is 7.82 Å². The number of phosphoric ester groups is 1. The predicted octanol–water partition coefficient (Wildman–Crippen LogP) is 3.34. The van der Waals surface area contributed by atoms with E-state index in [0.29, 0.717) is 5.56 Å². The number of aromatic hydroxyl groups is 1. The molecule has 0 saturated heterocycles. The van der Waals surface area contributed by atoms with E-state index in [9.17, 15) is 14.6 Å². The third-order valence-corrected chi connectivity index (χ3v) is 3.60. The minimum Gasteiger partial charge on any atom is -0.508 e. The Labute approximate surface area is 113 Å². The largest absolute Gasteiger partial charge is 0.508 e. The van der Waals surface area contributed by atoms with Crippen LogP contribution in [0.15, 0.2) is 18.2 Å². The molecule has 0 aliphatic carbocycles. The molecule has 5 nitrogen and oxygen atoms in total. The Bertz CT molecular complexity index is 478. The molecule has 0 aliphatic heterocycles. The first kappa shape index (κ1) is 16.2. The molecule has 0 bridgehead atoms. The predicted molar refractivity (Wildman–Crippen MR) is 73.0 cm³/mol. The lowest BCUT2D eigenvalue weighted by Crippen LogP contribution is -2.12. The van der Waals surface area contributed by atoms with Gasteiger partial charge in [-0.2, -0.15) is 0 Å². The molecule has 1 aromatic rings. The van der Waals surface area contributed by atoms with Gasteiger partial charge < -0.3 is 10.00 Å². The summed E-state index contributed by atoms with van der Waals surface area (Å²) in [4.78, 5) is 9.32. The molecule has 0 heterocycles. The van der Waals surface area contributed by atoms with Gasteiger partial charge in [0.1, 0.15) is 5.75 Å². The zero-order chi connectivity index (χ0) is 14.7. The highest BCUT2D eigenvalue weighted by atomic mass is 31.2. The smallest absolute Gasteiger partial charge is 0.472 e. The number of benzene rings is 1. The van der Waals surface area contributed by atoms with E-state index in [-0.39, 0.29) is 24.4 Å². The molecule has 0 spiro atoms. The maximum Gasteiger partial charge on any atom is 0.472 e. The number of hydrogen-bond acceptors (Lipinski definition) is 4. The van der Waals surface area contributed by atoms with Gasteiger partial charge in [0.2, 0.25) is 0 Å². The molecule has 19 heavy (non-hydrogen) atoms. The van der Waals surface area contributed by atoms with Crippen LogP contribution >= 0.6 is 7.82 Å². The third kappa shape index (κ3) is 4.96. The summed E-state index contributed by atoms with van der Waals surface area (Å²) < 4.78 is 20.9. The highest BCUT2D eigenvalue weighted by Crippen LogP contribution is 2.44. The molecule has 0 amide bonds. The molecule has 1 aromatic carbocycles. The molecule has 1 atom stereocenters.